The Morgan fingerprint density at radius 1 is 1.38 bits per heavy atom. The van der Waals surface area contributed by atoms with Crippen molar-refractivity contribution in [1.82, 2.24) is 0 Å². The van der Waals surface area contributed by atoms with E-state index in [1.807, 2.05) is 45.0 Å². The van der Waals surface area contributed by atoms with Crippen molar-refractivity contribution in [3.8, 4) is 11.5 Å². The van der Waals surface area contributed by atoms with E-state index in [2.05, 4.69) is 6.58 Å². The zero-order chi connectivity index (χ0) is 12.1. The monoisotopic (exact) mass is 219 g/mol. The lowest BCUT2D eigenvalue weighted by atomic mass is 10.00. The molecule has 0 amide bonds. The van der Waals surface area contributed by atoms with Gasteiger partial charge in [0.15, 0.2) is 11.5 Å². The predicted octanol–water partition coefficient (Wildman–Crippen LogP) is 3.61. The summed E-state index contributed by atoms with van der Waals surface area (Å²) in [5, 5.41) is 0. The first kappa shape index (κ1) is 12.6. The molecule has 0 aliphatic carbocycles. The van der Waals surface area contributed by atoms with Crippen LogP contribution in [-0.2, 0) is 0 Å². The number of para-hydroxylation sites is 1. The van der Waals surface area contributed by atoms with Crippen molar-refractivity contribution in [2.75, 3.05) is 7.11 Å². The average molecular weight is 219 g/mol. The maximum absolute atomic E-state index is 5.70. The molecule has 2 heteroatoms. The van der Waals surface area contributed by atoms with Gasteiger partial charge in [-0.05, 0) is 19.9 Å². The van der Waals surface area contributed by atoms with E-state index in [-0.39, 0.29) is 6.10 Å². The van der Waals surface area contributed by atoms with Gasteiger partial charge < -0.3 is 9.47 Å². The van der Waals surface area contributed by atoms with E-state index in [0.717, 1.165) is 23.0 Å². The van der Waals surface area contributed by atoms with Gasteiger partial charge >= 0.3 is 0 Å². The molecule has 1 aromatic carbocycles. The molecule has 2 nitrogen and oxygen atoms in total. The highest BCUT2D eigenvalue weighted by atomic mass is 16.5. The summed E-state index contributed by atoms with van der Waals surface area (Å²) in [6.45, 7) is 9.77. The molecular formula is C14H19O2. The van der Waals surface area contributed by atoms with Gasteiger partial charge in [-0.1, -0.05) is 25.1 Å². The van der Waals surface area contributed by atoms with Gasteiger partial charge in [0.05, 0.1) is 13.2 Å². The molecule has 0 unspecified atom stereocenters. The van der Waals surface area contributed by atoms with Crippen molar-refractivity contribution in [1.29, 1.82) is 0 Å². The minimum Gasteiger partial charge on any atom is -0.493 e. The van der Waals surface area contributed by atoms with E-state index < -0.39 is 0 Å². The highest BCUT2D eigenvalue weighted by Crippen LogP contribution is 2.35. The first-order chi connectivity index (χ1) is 7.60. The topological polar surface area (TPSA) is 18.5 Å². The number of hydrogen-bond acceptors (Lipinski definition) is 2. The van der Waals surface area contributed by atoms with Crippen LogP contribution in [0.5, 0.6) is 11.5 Å². The highest BCUT2D eigenvalue weighted by Gasteiger charge is 2.14. The van der Waals surface area contributed by atoms with Crippen molar-refractivity contribution >= 4 is 0 Å². The molecule has 0 saturated heterocycles. The van der Waals surface area contributed by atoms with Gasteiger partial charge in [0.2, 0.25) is 0 Å². The summed E-state index contributed by atoms with van der Waals surface area (Å²) in [6, 6.07) is 5.88. The number of methoxy groups -OCH3 is 1. The summed E-state index contributed by atoms with van der Waals surface area (Å²) in [7, 11) is 1.66. The second-order valence-electron chi connectivity index (χ2n) is 3.89. The van der Waals surface area contributed by atoms with Gasteiger partial charge in [0.1, 0.15) is 0 Å². The third-order valence-corrected chi connectivity index (χ3v) is 2.28. The molecule has 87 valence electrons. The van der Waals surface area contributed by atoms with Crippen molar-refractivity contribution in [2.45, 2.75) is 26.9 Å². The van der Waals surface area contributed by atoms with Crippen LogP contribution in [0.4, 0.5) is 0 Å². The fraction of sp³-hybridized carbons (Fsp3) is 0.357. The van der Waals surface area contributed by atoms with Crippen LogP contribution < -0.4 is 9.47 Å². The minimum atomic E-state index is 0.133. The number of hydrogen-bond donors (Lipinski definition) is 0. The standard InChI is InChI=1S/C14H19O2/c1-6-11(4)12-8-7-9-13(14(12)15-5)16-10(2)3/h6-10H,1H2,2-5H3. The van der Waals surface area contributed by atoms with Gasteiger partial charge in [-0.15, -0.1) is 6.58 Å². The van der Waals surface area contributed by atoms with Crippen LogP contribution in [0.3, 0.4) is 0 Å². The summed E-state index contributed by atoms with van der Waals surface area (Å²) < 4.78 is 11.1. The molecule has 0 fully saturated rings. The maximum atomic E-state index is 5.70. The Hall–Kier alpha value is -1.44. The lowest BCUT2D eigenvalue weighted by molar-refractivity contribution is 0.229. The number of allylic oxidation sites excluding steroid dienone is 1. The van der Waals surface area contributed by atoms with Crippen molar-refractivity contribution < 1.29 is 9.47 Å². The summed E-state index contributed by atoms with van der Waals surface area (Å²) in [6.07, 6.45) is 1.95. The molecule has 0 saturated carbocycles. The van der Waals surface area contributed by atoms with Gasteiger partial charge in [-0.2, -0.15) is 0 Å². The molecular weight excluding hydrogens is 200 g/mol. The lowest BCUT2D eigenvalue weighted by Gasteiger charge is -2.17. The SMILES string of the molecule is C=C[C](C)c1cccc(OC(C)C)c1OC. The molecule has 0 bridgehead atoms. The maximum Gasteiger partial charge on any atom is 0.164 e. The van der Waals surface area contributed by atoms with Crippen LogP contribution in [0.15, 0.2) is 30.9 Å². The summed E-state index contributed by atoms with van der Waals surface area (Å²) >= 11 is 0. The molecule has 0 spiro atoms. The molecule has 0 atom stereocenters. The van der Waals surface area contributed by atoms with Crippen LogP contribution in [0.1, 0.15) is 26.3 Å². The fourth-order valence-electron chi connectivity index (χ4n) is 1.49. The molecule has 0 aromatic heterocycles. The Kier molecular flexibility index (Phi) is 4.41. The van der Waals surface area contributed by atoms with Crippen LogP contribution in [-0.4, -0.2) is 13.2 Å². The van der Waals surface area contributed by atoms with Crippen molar-refractivity contribution in [3.63, 3.8) is 0 Å². The molecule has 0 aliphatic heterocycles. The largest absolute Gasteiger partial charge is 0.493 e. The third kappa shape index (κ3) is 2.78. The van der Waals surface area contributed by atoms with Crippen LogP contribution in [0.2, 0.25) is 0 Å². The van der Waals surface area contributed by atoms with E-state index >= 15 is 0 Å². The van der Waals surface area contributed by atoms with Gasteiger partial charge in [-0.25, -0.2) is 0 Å². The van der Waals surface area contributed by atoms with Gasteiger partial charge in [0, 0.05) is 11.5 Å². The Labute approximate surface area is 97.9 Å². The molecule has 1 rings (SSSR count). The zero-order valence-electron chi connectivity index (χ0n) is 10.4. The summed E-state index contributed by atoms with van der Waals surface area (Å²) in [4.78, 5) is 0. The van der Waals surface area contributed by atoms with E-state index in [4.69, 9.17) is 9.47 Å². The van der Waals surface area contributed by atoms with Crippen LogP contribution >= 0.6 is 0 Å². The van der Waals surface area contributed by atoms with E-state index in [1.165, 1.54) is 0 Å². The normalized spacial score (nSPS) is 10.6. The Morgan fingerprint density at radius 2 is 2.06 bits per heavy atom. The number of benzene rings is 1. The minimum absolute atomic E-state index is 0.133. The Morgan fingerprint density at radius 3 is 2.56 bits per heavy atom. The smallest absolute Gasteiger partial charge is 0.164 e. The summed E-state index contributed by atoms with van der Waals surface area (Å²) in [5.74, 6) is 2.62. The Balaban J connectivity index is 3.14. The highest BCUT2D eigenvalue weighted by molar-refractivity contribution is 5.54. The van der Waals surface area contributed by atoms with Gasteiger partial charge in [0.25, 0.3) is 0 Å². The first-order valence-electron chi connectivity index (χ1n) is 5.40. The van der Waals surface area contributed by atoms with Gasteiger partial charge in [-0.3, -0.25) is 0 Å². The molecule has 1 aromatic rings. The number of ether oxygens (including phenoxy) is 2. The third-order valence-electron chi connectivity index (χ3n) is 2.28. The first-order valence-corrected chi connectivity index (χ1v) is 5.40. The lowest BCUT2D eigenvalue weighted by Crippen LogP contribution is -2.08. The number of rotatable bonds is 5. The molecule has 0 N–H and O–H groups in total. The molecule has 0 heterocycles. The molecule has 1 radical (unpaired) electrons. The van der Waals surface area contributed by atoms with Crippen LogP contribution in [0, 0.1) is 5.92 Å². The second kappa shape index (κ2) is 5.59. The van der Waals surface area contributed by atoms with E-state index in [0.29, 0.717) is 0 Å². The van der Waals surface area contributed by atoms with Crippen molar-refractivity contribution in [2.24, 2.45) is 0 Å². The summed E-state index contributed by atoms with van der Waals surface area (Å²) in [5.41, 5.74) is 1.02. The predicted molar refractivity (Wildman–Crippen MR) is 67.0 cm³/mol. The van der Waals surface area contributed by atoms with Crippen LogP contribution in [0.25, 0.3) is 0 Å². The zero-order valence-corrected chi connectivity index (χ0v) is 10.4. The molecule has 0 aliphatic rings. The molecule has 16 heavy (non-hydrogen) atoms. The fourth-order valence-corrected chi connectivity index (χ4v) is 1.49. The van der Waals surface area contributed by atoms with E-state index in [1.54, 1.807) is 7.11 Å². The van der Waals surface area contributed by atoms with Crippen molar-refractivity contribution in [3.05, 3.63) is 42.3 Å². The average Bonchev–Trinajstić information content (AvgIpc) is 2.27. The Bertz CT molecular complexity index is 356. The van der Waals surface area contributed by atoms with E-state index in [9.17, 15) is 0 Å². The second-order valence-corrected chi connectivity index (χ2v) is 3.89. The quantitative estimate of drug-likeness (QED) is 0.753.